The zero-order valence-corrected chi connectivity index (χ0v) is 15.0. The summed E-state index contributed by atoms with van der Waals surface area (Å²) in [7, 11) is 0. The first kappa shape index (κ1) is 20.7. The van der Waals surface area contributed by atoms with Crippen LogP contribution in [0, 0.1) is 0 Å². The molecule has 0 bridgehead atoms. The Kier molecular flexibility index (Phi) is 12.1. The summed E-state index contributed by atoms with van der Waals surface area (Å²) in [6, 6.07) is 8.17. The minimum absolute atomic E-state index is 0.771. The average molecular weight is 313 g/mol. The lowest BCUT2D eigenvalue weighted by molar-refractivity contribution is -0.735. The molecule has 0 saturated heterocycles. The van der Waals surface area contributed by atoms with E-state index in [0.29, 0.717) is 0 Å². The fourth-order valence-electron chi connectivity index (χ4n) is 1.73. The summed E-state index contributed by atoms with van der Waals surface area (Å²) in [5, 5.41) is 3.37. The molecule has 2 aromatic heterocycles. The molecular formula is C20H31N3+2. The number of nitrogens with one attached hydrogen (secondary N) is 1. The third-order valence-electron chi connectivity index (χ3n) is 2.89. The van der Waals surface area contributed by atoms with Gasteiger partial charge in [0.2, 0.25) is 13.3 Å². The molecular weight excluding hydrogens is 282 g/mol. The maximum atomic E-state index is 3.74. The molecule has 2 heterocycles. The Morgan fingerprint density at radius 1 is 0.739 bits per heavy atom. The van der Waals surface area contributed by atoms with Crippen molar-refractivity contribution in [1.29, 1.82) is 0 Å². The van der Waals surface area contributed by atoms with Gasteiger partial charge in [-0.15, -0.1) is 0 Å². The largest absolute Gasteiger partial charge is 0.206 e. The van der Waals surface area contributed by atoms with Crippen molar-refractivity contribution in [2.75, 3.05) is 0 Å². The third-order valence-corrected chi connectivity index (χ3v) is 2.89. The van der Waals surface area contributed by atoms with Crippen LogP contribution < -0.4 is 14.5 Å². The molecule has 0 amide bonds. The Hall–Kier alpha value is -2.26. The number of pyridine rings is 2. The topological polar surface area (TPSA) is 19.8 Å². The van der Waals surface area contributed by atoms with Crippen LogP contribution in [0.15, 0.2) is 62.2 Å². The fourth-order valence-corrected chi connectivity index (χ4v) is 1.73. The average Bonchev–Trinajstić information content (AvgIpc) is 2.66. The van der Waals surface area contributed by atoms with E-state index in [1.165, 1.54) is 0 Å². The molecule has 124 valence electrons. The summed E-state index contributed by atoms with van der Waals surface area (Å²) in [6.07, 6.45) is 11.8. The van der Waals surface area contributed by atoms with Gasteiger partial charge in [0.15, 0.2) is 24.8 Å². The second-order valence-electron chi connectivity index (χ2n) is 4.27. The van der Waals surface area contributed by atoms with E-state index in [1.807, 2.05) is 88.9 Å². The number of aromatic nitrogens is 2. The van der Waals surface area contributed by atoms with Crippen LogP contribution in [0.3, 0.4) is 0 Å². The van der Waals surface area contributed by atoms with Crippen molar-refractivity contribution >= 4 is 12.2 Å². The maximum absolute atomic E-state index is 3.74. The SMILES string of the molecule is C=Cc1cc[n+](CNC[n+]2ccc(C=C)cc2)cc1.CC.CC. The van der Waals surface area contributed by atoms with Crippen molar-refractivity contribution in [3.8, 4) is 0 Å². The van der Waals surface area contributed by atoms with Crippen LogP contribution in [0.2, 0.25) is 0 Å². The highest BCUT2D eigenvalue weighted by molar-refractivity contribution is 5.44. The van der Waals surface area contributed by atoms with Crippen LogP contribution in [0.25, 0.3) is 12.2 Å². The second kappa shape index (κ2) is 13.4. The number of nitrogens with zero attached hydrogens (tertiary/aromatic N) is 2. The van der Waals surface area contributed by atoms with Gasteiger partial charge in [0.25, 0.3) is 0 Å². The van der Waals surface area contributed by atoms with Gasteiger partial charge in [-0.25, -0.2) is 5.32 Å². The van der Waals surface area contributed by atoms with Crippen molar-refractivity contribution in [2.45, 2.75) is 41.0 Å². The molecule has 3 heteroatoms. The summed E-state index contributed by atoms with van der Waals surface area (Å²) in [5.74, 6) is 0. The molecule has 1 N–H and O–H groups in total. The zero-order valence-electron chi connectivity index (χ0n) is 15.0. The first-order valence-corrected chi connectivity index (χ1v) is 8.25. The zero-order chi connectivity index (χ0) is 17.5. The highest BCUT2D eigenvalue weighted by Crippen LogP contribution is 1.95. The van der Waals surface area contributed by atoms with Gasteiger partial charge in [-0.1, -0.05) is 53.0 Å². The minimum atomic E-state index is 0.771. The summed E-state index contributed by atoms with van der Waals surface area (Å²) < 4.78 is 4.18. The predicted octanol–water partition coefficient (Wildman–Crippen LogP) is 3.80. The Labute approximate surface area is 141 Å². The van der Waals surface area contributed by atoms with Crippen molar-refractivity contribution in [1.82, 2.24) is 5.32 Å². The quantitative estimate of drug-likeness (QED) is 0.804. The van der Waals surface area contributed by atoms with E-state index in [1.54, 1.807) is 0 Å². The van der Waals surface area contributed by atoms with E-state index in [9.17, 15) is 0 Å². The van der Waals surface area contributed by atoms with Gasteiger partial charge in [-0.2, -0.15) is 9.13 Å². The lowest BCUT2D eigenvalue weighted by Crippen LogP contribution is -2.47. The van der Waals surface area contributed by atoms with Crippen molar-refractivity contribution in [2.24, 2.45) is 0 Å². The Morgan fingerprint density at radius 2 is 1.04 bits per heavy atom. The normalized spacial score (nSPS) is 8.87. The number of hydrogen-bond acceptors (Lipinski definition) is 1. The first-order valence-electron chi connectivity index (χ1n) is 8.25. The van der Waals surface area contributed by atoms with Crippen LogP contribution in [-0.2, 0) is 13.3 Å². The van der Waals surface area contributed by atoms with Crippen LogP contribution in [0.1, 0.15) is 38.8 Å². The summed E-state index contributed by atoms with van der Waals surface area (Å²) >= 11 is 0. The van der Waals surface area contributed by atoms with Crippen molar-refractivity contribution in [3.05, 3.63) is 73.3 Å². The van der Waals surface area contributed by atoms with E-state index in [-0.39, 0.29) is 0 Å². The van der Waals surface area contributed by atoms with Gasteiger partial charge >= 0.3 is 0 Å². The van der Waals surface area contributed by atoms with Crippen LogP contribution in [-0.4, -0.2) is 0 Å². The molecule has 0 aliphatic rings. The molecule has 2 aromatic rings. The summed E-state index contributed by atoms with van der Waals surface area (Å²) in [6.45, 7) is 17.0. The van der Waals surface area contributed by atoms with Gasteiger partial charge in [-0.3, -0.25) is 0 Å². The van der Waals surface area contributed by atoms with Crippen molar-refractivity contribution in [3.63, 3.8) is 0 Å². The minimum Gasteiger partial charge on any atom is -0.204 e. The molecule has 0 unspecified atom stereocenters. The monoisotopic (exact) mass is 313 g/mol. The highest BCUT2D eigenvalue weighted by Gasteiger charge is 2.02. The van der Waals surface area contributed by atoms with Crippen molar-refractivity contribution < 1.29 is 9.13 Å². The van der Waals surface area contributed by atoms with E-state index in [0.717, 1.165) is 24.5 Å². The number of rotatable bonds is 6. The summed E-state index contributed by atoms with van der Waals surface area (Å²) in [5.41, 5.74) is 2.26. The molecule has 0 saturated carbocycles. The van der Waals surface area contributed by atoms with E-state index in [4.69, 9.17) is 0 Å². The molecule has 3 nitrogen and oxygen atoms in total. The fraction of sp³-hybridized carbons (Fsp3) is 0.300. The molecule has 0 aromatic carbocycles. The third kappa shape index (κ3) is 8.07. The number of hydrogen-bond donors (Lipinski definition) is 1. The van der Waals surface area contributed by atoms with E-state index >= 15 is 0 Å². The molecule has 0 aliphatic carbocycles. The van der Waals surface area contributed by atoms with Gasteiger partial charge in [0, 0.05) is 24.3 Å². The van der Waals surface area contributed by atoms with Gasteiger partial charge in [0.1, 0.15) is 0 Å². The van der Waals surface area contributed by atoms with Crippen LogP contribution >= 0.6 is 0 Å². The maximum Gasteiger partial charge on any atom is 0.206 e. The highest BCUT2D eigenvalue weighted by atomic mass is 15.2. The van der Waals surface area contributed by atoms with E-state index in [2.05, 4.69) is 27.6 Å². The molecule has 23 heavy (non-hydrogen) atoms. The molecule has 0 atom stereocenters. The van der Waals surface area contributed by atoms with Crippen LogP contribution in [0.4, 0.5) is 0 Å². The first-order chi connectivity index (χ1) is 11.3. The summed E-state index contributed by atoms with van der Waals surface area (Å²) in [4.78, 5) is 0. The molecule has 0 radical (unpaired) electrons. The molecule has 0 aliphatic heterocycles. The standard InChI is InChI=1S/C16H19N3.2C2H6/c1-3-15-5-9-18(10-6-15)13-17-14-19-11-7-16(4-2)8-12-19;2*1-2/h3-12,17H,1-2,13-14H2;2*1-2H3/q+2;;. The molecule has 2 rings (SSSR count). The smallest absolute Gasteiger partial charge is 0.204 e. The molecule has 0 spiro atoms. The van der Waals surface area contributed by atoms with Gasteiger partial charge < -0.3 is 0 Å². The Morgan fingerprint density at radius 3 is 1.30 bits per heavy atom. The Balaban J connectivity index is 0.00000112. The lowest BCUT2D eigenvalue weighted by Gasteiger charge is -1.99. The van der Waals surface area contributed by atoms with Gasteiger partial charge in [0.05, 0.1) is 0 Å². The Bertz CT molecular complexity index is 491. The predicted molar refractivity (Wildman–Crippen MR) is 99.3 cm³/mol. The lowest BCUT2D eigenvalue weighted by atomic mass is 10.3. The molecule has 0 fully saturated rings. The second-order valence-corrected chi connectivity index (χ2v) is 4.27. The van der Waals surface area contributed by atoms with E-state index < -0.39 is 0 Å². The van der Waals surface area contributed by atoms with Gasteiger partial charge in [-0.05, 0) is 11.1 Å². The van der Waals surface area contributed by atoms with Crippen LogP contribution in [0.5, 0.6) is 0 Å².